The lowest BCUT2D eigenvalue weighted by Crippen LogP contribution is -2.49. The number of nitrogens with one attached hydrogen (secondary N) is 1. The Bertz CT molecular complexity index is 600. The minimum absolute atomic E-state index is 0. The van der Waals surface area contributed by atoms with E-state index in [2.05, 4.69) is 29.6 Å². The Morgan fingerprint density at radius 1 is 0.958 bits per heavy atom. The number of hydrogen-bond donors (Lipinski definition) is 2. The number of halogens is 1. The van der Waals surface area contributed by atoms with Crippen LogP contribution in [-0.2, 0) is 16.8 Å². The summed E-state index contributed by atoms with van der Waals surface area (Å²) in [6, 6.07) is 20.0. The molecule has 1 atom stereocenters. The largest absolute Gasteiger partial charge is 0.354 e. The van der Waals surface area contributed by atoms with Crippen LogP contribution in [0, 0.1) is 0 Å². The van der Waals surface area contributed by atoms with Crippen LogP contribution in [0.4, 0.5) is 0 Å². The molecule has 0 aromatic heterocycles. The lowest BCUT2D eigenvalue weighted by atomic mass is 9.92. The minimum atomic E-state index is -0.981. The molecule has 0 aliphatic carbocycles. The molecule has 24 heavy (non-hydrogen) atoms. The van der Waals surface area contributed by atoms with Crippen molar-refractivity contribution in [2.24, 2.45) is 5.73 Å². The molecule has 130 valence electrons. The lowest BCUT2D eigenvalue weighted by molar-refractivity contribution is -0.126. The van der Waals surface area contributed by atoms with Crippen LogP contribution in [0.2, 0.25) is 0 Å². The third-order valence-electron chi connectivity index (χ3n) is 4.12. The third-order valence-corrected chi connectivity index (χ3v) is 4.12. The molecular weight excluding hydrogens is 320 g/mol. The summed E-state index contributed by atoms with van der Waals surface area (Å²) in [7, 11) is 0. The van der Waals surface area contributed by atoms with Gasteiger partial charge in [-0.2, -0.15) is 0 Å². The molecule has 0 saturated carbocycles. The highest BCUT2D eigenvalue weighted by Gasteiger charge is 2.29. The topological polar surface area (TPSA) is 55.1 Å². The van der Waals surface area contributed by atoms with Crippen molar-refractivity contribution in [3.8, 4) is 0 Å². The van der Waals surface area contributed by atoms with E-state index in [4.69, 9.17) is 5.73 Å². The zero-order valence-electron chi connectivity index (χ0n) is 14.2. The summed E-state index contributed by atoms with van der Waals surface area (Å²) in [5.74, 6) is -0.119. The predicted molar refractivity (Wildman–Crippen MR) is 102 cm³/mol. The number of rotatable bonds is 8. The van der Waals surface area contributed by atoms with Gasteiger partial charge in [0.05, 0.1) is 0 Å². The van der Waals surface area contributed by atoms with Crippen LogP contribution in [0.15, 0.2) is 60.7 Å². The van der Waals surface area contributed by atoms with Gasteiger partial charge in [0, 0.05) is 6.54 Å². The van der Waals surface area contributed by atoms with Gasteiger partial charge in [-0.25, -0.2) is 0 Å². The molecule has 0 aliphatic heterocycles. The van der Waals surface area contributed by atoms with Gasteiger partial charge in [0.1, 0.15) is 5.54 Å². The summed E-state index contributed by atoms with van der Waals surface area (Å²) in [6.07, 6.45) is 4.30. The van der Waals surface area contributed by atoms with E-state index in [9.17, 15) is 4.79 Å². The molecule has 1 unspecified atom stereocenters. The average molecular weight is 347 g/mol. The van der Waals surface area contributed by atoms with Gasteiger partial charge in [-0.3, -0.25) is 4.79 Å². The van der Waals surface area contributed by atoms with Crippen LogP contribution >= 0.6 is 12.4 Å². The van der Waals surface area contributed by atoms with Crippen LogP contribution < -0.4 is 11.1 Å². The van der Waals surface area contributed by atoms with Gasteiger partial charge in [-0.1, -0.05) is 67.1 Å². The highest BCUT2D eigenvalue weighted by molar-refractivity contribution is 5.86. The van der Waals surface area contributed by atoms with Gasteiger partial charge in [0.15, 0.2) is 0 Å². The van der Waals surface area contributed by atoms with Crippen LogP contribution in [0.25, 0.3) is 0 Å². The fourth-order valence-corrected chi connectivity index (χ4v) is 2.58. The van der Waals surface area contributed by atoms with E-state index >= 15 is 0 Å². The van der Waals surface area contributed by atoms with E-state index in [1.165, 1.54) is 5.56 Å². The first-order valence-corrected chi connectivity index (χ1v) is 8.27. The monoisotopic (exact) mass is 346 g/mol. The van der Waals surface area contributed by atoms with Crippen molar-refractivity contribution in [3.63, 3.8) is 0 Å². The van der Waals surface area contributed by atoms with Gasteiger partial charge in [0.25, 0.3) is 0 Å². The first kappa shape index (κ1) is 20.2. The second kappa shape index (κ2) is 10.1. The van der Waals surface area contributed by atoms with Crippen LogP contribution in [0.3, 0.4) is 0 Å². The molecule has 3 nitrogen and oxygen atoms in total. The van der Waals surface area contributed by atoms with E-state index in [0.29, 0.717) is 6.54 Å². The van der Waals surface area contributed by atoms with Crippen molar-refractivity contribution in [2.45, 2.75) is 38.1 Å². The SMILES string of the molecule is CC(N)(C(=O)NCCCCCc1ccccc1)c1ccccc1.Cl. The number of aryl methyl sites for hydroxylation is 1. The fourth-order valence-electron chi connectivity index (χ4n) is 2.58. The predicted octanol–water partition coefficient (Wildman–Crippen LogP) is 3.81. The number of amides is 1. The number of carbonyl (C=O) groups is 1. The highest BCUT2D eigenvalue weighted by atomic mass is 35.5. The normalized spacial score (nSPS) is 12.8. The van der Waals surface area contributed by atoms with E-state index in [1.807, 2.05) is 36.4 Å². The number of unbranched alkanes of at least 4 members (excludes halogenated alkanes) is 2. The molecule has 1 amide bonds. The van der Waals surface area contributed by atoms with Crippen molar-refractivity contribution < 1.29 is 4.79 Å². The maximum absolute atomic E-state index is 12.3. The molecule has 4 heteroatoms. The molecule has 0 spiro atoms. The summed E-state index contributed by atoms with van der Waals surface area (Å²) in [5, 5.41) is 2.96. The molecule has 2 aromatic carbocycles. The van der Waals surface area contributed by atoms with Gasteiger partial charge < -0.3 is 11.1 Å². The molecule has 0 heterocycles. The molecule has 0 aliphatic rings. The van der Waals surface area contributed by atoms with Crippen LogP contribution in [-0.4, -0.2) is 12.5 Å². The average Bonchev–Trinajstić information content (AvgIpc) is 2.59. The molecule has 0 bridgehead atoms. The molecule has 2 aromatic rings. The van der Waals surface area contributed by atoms with Crippen LogP contribution in [0.5, 0.6) is 0 Å². The first-order chi connectivity index (χ1) is 11.1. The van der Waals surface area contributed by atoms with Crippen LogP contribution in [0.1, 0.15) is 37.3 Å². The highest BCUT2D eigenvalue weighted by Crippen LogP contribution is 2.17. The van der Waals surface area contributed by atoms with E-state index in [0.717, 1.165) is 31.2 Å². The molecule has 0 saturated heterocycles. The van der Waals surface area contributed by atoms with Crippen molar-refractivity contribution in [2.75, 3.05) is 6.54 Å². The van der Waals surface area contributed by atoms with Gasteiger partial charge in [-0.05, 0) is 37.3 Å². The van der Waals surface area contributed by atoms with Gasteiger partial charge in [0.2, 0.25) is 5.91 Å². The zero-order valence-corrected chi connectivity index (χ0v) is 15.0. The smallest absolute Gasteiger partial charge is 0.244 e. The first-order valence-electron chi connectivity index (χ1n) is 8.27. The molecule has 0 fully saturated rings. The van der Waals surface area contributed by atoms with E-state index in [-0.39, 0.29) is 18.3 Å². The Balaban J connectivity index is 0.00000288. The second-order valence-electron chi connectivity index (χ2n) is 6.12. The zero-order chi connectivity index (χ0) is 16.5. The molecular formula is C20H27ClN2O. The Labute approximate surface area is 151 Å². The maximum atomic E-state index is 12.3. The summed E-state index contributed by atoms with van der Waals surface area (Å²) >= 11 is 0. The summed E-state index contributed by atoms with van der Waals surface area (Å²) in [6.45, 7) is 2.43. The number of hydrogen-bond acceptors (Lipinski definition) is 2. The summed E-state index contributed by atoms with van der Waals surface area (Å²) < 4.78 is 0. The summed E-state index contributed by atoms with van der Waals surface area (Å²) in [5.41, 5.74) is 7.41. The van der Waals surface area contributed by atoms with Gasteiger partial charge >= 0.3 is 0 Å². The molecule has 2 rings (SSSR count). The fraction of sp³-hybridized carbons (Fsp3) is 0.350. The van der Waals surface area contributed by atoms with Crippen molar-refractivity contribution >= 4 is 18.3 Å². The van der Waals surface area contributed by atoms with Crippen molar-refractivity contribution in [3.05, 3.63) is 71.8 Å². The number of carbonyl (C=O) groups excluding carboxylic acids is 1. The third kappa shape index (κ3) is 5.99. The maximum Gasteiger partial charge on any atom is 0.244 e. The minimum Gasteiger partial charge on any atom is -0.354 e. The Morgan fingerprint density at radius 3 is 2.17 bits per heavy atom. The Hall–Kier alpha value is -1.84. The second-order valence-corrected chi connectivity index (χ2v) is 6.12. The molecule has 3 N–H and O–H groups in total. The van der Waals surface area contributed by atoms with E-state index in [1.54, 1.807) is 6.92 Å². The lowest BCUT2D eigenvalue weighted by Gasteiger charge is -2.24. The number of nitrogens with two attached hydrogens (primary N) is 1. The molecule has 0 radical (unpaired) electrons. The Kier molecular flexibility index (Phi) is 8.51. The van der Waals surface area contributed by atoms with Crippen molar-refractivity contribution in [1.82, 2.24) is 5.32 Å². The van der Waals surface area contributed by atoms with Crippen molar-refractivity contribution in [1.29, 1.82) is 0 Å². The quantitative estimate of drug-likeness (QED) is 0.714. The summed E-state index contributed by atoms with van der Waals surface area (Å²) in [4.78, 5) is 12.3. The number of benzene rings is 2. The standard InChI is InChI=1S/C20H26N2O.ClH/c1-20(21,18-14-8-3-9-15-18)19(23)22-16-10-4-7-13-17-11-5-2-6-12-17;/h2-3,5-6,8-9,11-12,14-15H,4,7,10,13,16,21H2,1H3,(H,22,23);1H. The van der Waals surface area contributed by atoms with E-state index < -0.39 is 5.54 Å². The van der Waals surface area contributed by atoms with Gasteiger partial charge in [-0.15, -0.1) is 12.4 Å². The Morgan fingerprint density at radius 2 is 1.54 bits per heavy atom.